The van der Waals surface area contributed by atoms with Gasteiger partial charge in [-0.05, 0) is 37.8 Å². The van der Waals surface area contributed by atoms with E-state index in [1.165, 1.54) is 0 Å². The van der Waals surface area contributed by atoms with Crippen molar-refractivity contribution in [2.75, 3.05) is 32.8 Å². The summed E-state index contributed by atoms with van der Waals surface area (Å²) in [6.45, 7) is 4.45. The van der Waals surface area contributed by atoms with Gasteiger partial charge in [0.1, 0.15) is 11.5 Å². The van der Waals surface area contributed by atoms with Gasteiger partial charge < -0.3 is 19.8 Å². The summed E-state index contributed by atoms with van der Waals surface area (Å²) in [5.41, 5.74) is 8.10. The van der Waals surface area contributed by atoms with Crippen LogP contribution < -0.4 is 5.73 Å². The lowest BCUT2D eigenvalue weighted by Crippen LogP contribution is -2.48. The van der Waals surface area contributed by atoms with Crippen molar-refractivity contribution in [3.8, 4) is 11.5 Å². The fourth-order valence-electron chi connectivity index (χ4n) is 5.06. The lowest BCUT2D eigenvalue weighted by molar-refractivity contribution is -0.137. The molecular weight excluding hydrogens is 465 g/mol. The number of rotatable bonds is 3. The van der Waals surface area contributed by atoms with Gasteiger partial charge in [0.05, 0.1) is 18.0 Å². The molecule has 2 atom stereocenters. The minimum Gasteiger partial charge on any atom is -0.441 e. The molecule has 0 radical (unpaired) electrons. The van der Waals surface area contributed by atoms with Gasteiger partial charge in [-0.2, -0.15) is 0 Å². The number of aromatic nitrogens is 2. The number of fused-ring (bicyclic) bond motifs is 1. The minimum atomic E-state index is -0.0114. The number of carbonyl (C=O) groups excluding carboxylic acids is 1. The van der Waals surface area contributed by atoms with E-state index >= 15 is 0 Å². The van der Waals surface area contributed by atoms with Crippen LogP contribution in [0.1, 0.15) is 37.1 Å². The van der Waals surface area contributed by atoms with Crippen molar-refractivity contribution in [2.24, 2.45) is 11.7 Å². The molecule has 0 bridgehead atoms. The molecule has 3 aliphatic heterocycles. The van der Waals surface area contributed by atoms with Gasteiger partial charge >= 0.3 is 0 Å². The van der Waals surface area contributed by atoms with Crippen LogP contribution in [-0.2, 0) is 22.5 Å². The number of ether oxygens (including phenoxy) is 1. The first-order valence-electron chi connectivity index (χ1n) is 11.4. The van der Waals surface area contributed by atoms with Crippen LogP contribution in [0.5, 0.6) is 0 Å². The smallest absolute Gasteiger partial charge is 0.228 e. The third-order valence-corrected chi connectivity index (χ3v) is 6.81. The van der Waals surface area contributed by atoms with E-state index in [2.05, 4.69) is 14.9 Å². The Balaban J connectivity index is 0.00000153. The second-order valence-corrected chi connectivity index (χ2v) is 8.97. The third kappa shape index (κ3) is 5.87. The van der Waals surface area contributed by atoms with Crippen molar-refractivity contribution in [1.29, 1.82) is 0 Å². The highest BCUT2D eigenvalue weighted by Gasteiger charge is 2.35. The zero-order valence-corrected chi connectivity index (χ0v) is 20.4. The van der Waals surface area contributed by atoms with Gasteiger partial charge in [0.2, 0.25) is 11.8 Å². The maximum atomic E-state index is 13.5. The number of carbonyl (C=O) groups is 1. The van der Waals surface area contributed by atoms with E-state index in [9.17, 15) is 4.79 Å². The predicted octanol–water partition coefficient (Wildman–Crippen LogP) is 2.68. The fourth-order valence-corrected chi connectivity index (χ4v) is 5.06. The van der Waals surface area contributed by atoms with Gasteiger partial charge in [0, 0.05) is 63.7 Å². The van der Waals surface area contributed by atoms with Crippen molar-refractivity contribution < 1.29 is 13.9 Å². The van der Waals surface area contributed by atoms with Crippen molar-refractivity contribution in [3.63, 3.8) is 0 Å². The highest BCUT2D eigenvalue weighted by Crippen LogP contribution is 2.28. The molecule has 2 fully saturated rings. The lowest BCUT2D eigenvalue weighted by Gasteiger charge is -2.36. The molecule has 3 aliphatic rings. The van der Waals surface area contributed by atoms with Crippen LogP contribution in [-0.4, -0.2) is 70.6 Å². The number of halogens is 2. The highest BCUT2D eigenvalue weighted by molar-refractivity contribution is 5.85. The number of hydrogen-bond donors (Lipinski definition) is 1. The third-order valence-electron chi connectivity index (χ3n) is 6.81. The standard InChI is InChI=1S/C23H31N5O3.2ClH/c24-18-4-3-17(13-28(14-18)19-6-10-30-11-7-19)23(29)27-9-5-21-20(15-27)26-22(31-21)16-2-1-8-25-12-16;;/h1-2,8,12,17-19H,3-7,9-11,13-15,24H2;2*1H/t17-,18+;;/m0../s1. The molecule has 0 aromatic carbocycles. The molecule has 2 aromatic heterocycles. The summed E-state index contributed by atoms with van der Waals surface area (Å²) < 4.78 is 11.5. The summed E-state index contributed by atoms with van der Waals surface area (Å²) in [6, 6.07) is 4.41. The quantitative estimate of drug-likeness (QED) is 0.695. The van der Waals surface area contributed by atoms with Crippen molar-refractivity contribution >= 4 is 30.7 Å². The fraction of sp³-hybridized carbons (Fsp3) is 0.609. The van der Waals surface area contributed by atoms with Crippen molar-refractivity contribution in [2.45, 2.75) is 50.7 Å². The van der Waals surface area contributed by atoms with E-state index in [0.717, 1.165) is 69.0 Å². The Labute approximate surface area is 207 Å². The summed E-state index contributed by atoms with van der Waals surface area (Å²) in [7, 11) is 0. The Morgan fingerprint density at radius 1 is 1.12 bits per heavy atom. The van der Waals surface area contributed by atoms with Crippen LogP contribution in [0.4, 0.5) is 0 Å². The molecular formula is C23H33Cl2N5O3. The summed E-state index contributed by atoms with van der Waals surface area (Å²) >= 11 is 0. The SMILES string of the molecule is Cl.Cl.N[C@@H]1CC[C@H](C(=O)N2CCc3oc(-c4cccnc4)nc3C2)CN(C2CCOCC2)C1. The number of amides is 1. The average Bonchev–Trinajstić information content (AvgIpc) is 3.15. The van der Waals surface area contributed by atoms with Crippen LogP contribution in [0.25, 0.3) is 11.5 Å². The van der Waals surface area contributed by atoms with Crippen LogP contribution in [0, 0.1) is 5.92 Å². The summed E-state index contributed by atoms with van der Waals surface area (Å²) in [6.07, 6.45) is 7.97. The first-order valence-corrected chi connectivity index (χ1v) is 11.4. The predicted molar refractivity (Wildman–Crippen MR) is 129 cm³/mol. The van der Waals surface area contributed by atoms with Gasteiger partial charge in [-0.25, -0.2) is 4.98 Å². The largest absolute Gasteiger partial charge is 0.441 e. The second-order valence-electron chi connectivity index (χ2n) is 8.97. The molecule has 8 nitrogen and oxygen atoms in total. The highest BCUT2D eigenvalue weighted by atomic mass is 35.5. The monoisotopic (exact) mass is 497 g/mol. The Morgan fingerprint density at radius 2 is 1.94 bits per heavy atom. The summed E-state index contributed by atoms with van der Waals surface area (Å²) in [5, 5.41) is 0. The van der Waals surface area contributed by atoms with E-state index in [0.29, 0.717) is 31.4 Å². The van der Waals surface area contributed by atoms with E-state index in [-0.39, 0.29) is 42.7 Å². The molecule has 5 heterocycles. The van der Waals surface area contributed by atoms with Crippen molar-refractivity contribution in [1.82, 2.24) is 19.8 Å². The molecule has 0 spiro atoms. The first-order chi connectivity index (χ1) is 15.2. The number of nitrogens with zero attached hydrogens (tertiary/aromatic N) is 4. The Hall–Kier alpha value is -1.71. The molecule has 0 saturated carbocycles. The Bertz CT molecular complexity index is 907. The molecule has 33 heavy (non-hydrogen) atoms. The Kier molecular flexibility index (Phi) is 9.12. The number of pyridine rings is 1. The maximum absolute atomic E-state index is 13.5. The molecule has 2 saturated heterocycles. The van der Waals surface area contributed by atoms with Crippen LogP contribution >= 0.6 is 24.8 Å². The molecule has 182 valence electrons. The van der Waals surface area contributed by atoms with Crippen LogP contribution in [0.15, 0.2) is 28.9 Å². The number of oxazole rings is 1. The number of nitrogens with two attached hydrogens (primary N) is 1. The van der Waals surface area contributed by atoms with Gasteiger partial charge in [-0.15, -0.1) is 24.8 Å². The van der Waals surface area contributed by atoms with Crippen LogP contribution in [0.3, 0.4) is 0 Å². The zero-order chi connectivity index (χ0) is 21.2. The van der Waals surface area contributed by atoms with Gasteiger partial charge in [0.15, 0.2) is 0 Å². The number of likely N-dealkylation sites (tertiary alicyclic amines) is 1. The molecule has 1 amide bonds. The molecule has 2 N–H and O–H groups in total. The second kappa shape index (κ2) is 11.6. The molecule has 5 rings (SSSR count). The summed E-state index contributed by atoms with van der Waals surface area (Å²) in [5.74, 6) is 1.68. The zero-order valence-electron chi connectivity index (χ0n) is 18.7. The molecule has 10 heteroatoms. The maximum Gasteiger partial charge on any atom is 0.228 e. The van der Waals surface area contributed by atoms with E-state index < -0.39 is 0 Å². The molecule has 0 unspecified atom stereocenters. The first kappa shape index (κ1) is 25.9. The number of hydrogen-bond acceptors (Lipinski definition) is 7. The summed E-state index contributed by atoms with van der Waals surface area (Å²) in [4.78, 5) is 26.7. The minimum absolute atomic E-state index is 0. The normalized spacial score (nSPS) is 24.2. The topological polar surface area (TPSA) is 97.7 Å². The van der Waals surface area contributed by atoms with E-state index in [1.54, 1.807) is 12.4 Å². The Morgan fingerprint density at radius 3 is 2.70 bits per heavy atom. The lowest BCUT2D eigenvalue weighted by atomic mass is 9.98. The van der Waals surface area contributed by atoms with Crippen LogP contribution in [0.2, 0.25) is 0 Å². The van der Waals surface area contributed by atoms with Gasteiger partial charge in [0.25, 0.3) is 0 Å². The average molecular weight is 498 g/mol. The molecule has 2 aromatic rings. The van der Waals surface area contributed by atoms with Gasteiger partial charge in [-0.3, -0.25) is 14.7 Å². The molecule has 0 aliphatic carbocycles. The van der Waals surface area contributed by atoms with E-state index in [4.69, 9.17) is 14.9 Å². The van der Waals surface area contributed by atoms with Crippen molar-refractivity contribution in [3.05, 3.63) is 36.0 Å². The van der Waals surface area contributed by atoms with Gasteiger partial charge in [-0.1, -0.05) is 0 Å². The van der Waals surface area contributed by atoms with E-state index in [1.807, 2.05) is 17.0 Å².